The molecule has 0 aliphatic carbocycles. The Bertz CT molecular complexity index is 319. The predicted octanol–water partition coefficient (Wildman–Crippen LogP) is 2.36. The molecule has 0 fully saturated rings. The van der Waals surface area contributed by atoms with Gasteiger partial charge in [-0.15, -0.1) is 0 Å². The fourth-order valence-electron chi connectivity index (χ4n) is 0.769. The summed E-state index contributed by atoms with van der Waals surface area (Å²) in [6, 6.07) is 3.55. The number of nitrogens with one attached hydrogen (secondary N) is 1. The number of hydrogen-bond donors (Lipinski definition) is 1. The minimum absolute atomic E-state index is 0.169. The van der Waals surface area contributed by atoms with Crippen LogP contribution in [0.2, 0.25) is 0 Å². The zero-order valence-electron chi connectivity index (χ0n) is 7.12. The standard InChI is InChI=1S/C9H9BrN2O/c1-2-3-9(13)12-8-5-4-7(10)6-11-8/h2-6H,1H3,(H,11,12,13)/b3-2+. The Kier molecular flexibility index (Phi) is 3.64. The number of carbonyl (C=O) groups excluding carboxylic acids is 1. The lowest BCUT2D eigenvalue weighted by atomic mass is 10.4. The van der Waals surface area contributed by atoms with Gasteiger partial charge < -0.3 is 5.32 Å². The van der Waals surface area contributed by atoms with Crippen LogP contribution in [0.5, 0.6) is 0 Å². The minimum atomic E-state index is -0.169. The van der Waals surface area contributed by atoms with Gasteiger partial charge in [-0.3, -0.25) is 4.79 Å². The Hall–Kier alpha value is -1.16. The third-order valence-electron chi connectivity index (χ3n) is 1.30. The van der Waals surface area contributed by atoms with Gasteiger partial charge in [0.15, 0.2) is 0 Å². The monoisotopic (exact) mass is 240 g/mol. The lowest BCUT2D eigenvalue weighted by Gasteiger charge is -1.99. The maximum Gasteiger partial charge on any atom is 0.249 e. The Morgan fingerprint density at radius 2 is 2.38 bits per heavy atom. The summed E-state index contributed by atoms with van der Waals surface area (Å²) in [5.41, 5.74) is 0. The molecule has 1 aromatic rings. The van der Waals surface area contributed by atoms with E-state index in [0.29, 0.717) is 5.82 Å². The van der Waals surface area contributed by atoms with Crippen LogP contribution in [0.1, 0.15) is 6.92 Å². The highest BCUT2D eigenvalue weighted by Crippen LogP contribution is 2.10. The SMILES string of the molecule is C/C=C/C(=O)Nc1ccc(Br)cn1. The first kappa shape index (κ1) is 9.92. The van der Waals surface area contributed by atoms with Gasteiger partial charge in [-0.2, -0.15) is 0 Å². The molecule has 4 heteroatoms. The van der Waals surface area contributed by atoms with Crippen molar-refractivity contribution < 1.29 is 4.79 Å². The van der Waals surface area contributed by atoms with E-state index < -0.39 is 0 Å². The van der Waals surface area contributed by atoms with Gasteiger partial charge in [0.2, 0.25) is 5.91 Å². The molecule has 13 heavy (non-hydrogen) atoms. The summed E-state index contributed by atoms with van der Waals surface area (Å²) in [6.07, 6.45) is 4.75. The number of amides is 1. The highest BCUT2D eigenvalue weighted by atomic mass is 79.9. The number of carbonyl (C=O) groups is 1. The maximum absolute atomic E-state index is 11.0. The summed E-state index contributed by atoms with van der Waals surface area (Å²) in [4.78, 5) is 15.0. The Labute approximate surface area is 85.0 Å². The molecule has 1 amide bonds. The lowest BCUT2D eigenvalue weighted by molar-refractivity contribution is -0.111. The van der Waals surface area contributed by atoms with Crippen LogP contribution in [0, 0.1) is 0 Å². The summed E-state index contributed by atoms with van der Waals surface area (Å²) in [6.45, 7) is 1.79. The average Bonchev–Trinajstić information content (AvgIpc) is 2.09. The maximum atomic E-state index is 11.0. The largest absolute Gasteiger partial charge is 0.307 e. The molecule has 0 bridgehead atoms. The molecule has 0 aromatic carbocycles. The fraction of sp³-hybridized carbons (Fsp3) is 0.111. The summed E-state index contributed by atoms with van der Waals surface area (Å²) < 4.78 is 0.886. The Morgan fingerprint density at radius 1 is 1.62 bits per heavy atom. The molecule has 0 saturated heterocycles. The minimum Gasteiger partial charge on any atom is -0.307 e. The molecule has 1 heterocycles. The number of rotatable bonds is 2. The van der Waals surface area contributed by atoms with Crippen molar-refractivity contribution in [2.24, 2.45) is 0 Å². The number of allylic oxidation sites excluding steroid dienone is 1. The van der Waals surface area contributed by atoms with E-state index in [1.54, 1.807) is 25.3 Å². The van der Waals surface area contributed by atoms with Crippen LogP contribution >= 0.6 is 15.9 Å². The molecule has 0 saturated carbocycles. The summed E-state index contributed by atoms with van der Waals surface area (Å²) in [5.74, 6) is 0.378. The molecule has 0 unspecified atom stereocenters. The fourth-order valence-corrected chi connectivity index (χ4v) is 1.00. The second-order valence-corrected chi connectivity index (χ2v) is 3.27. The van der Waals surface area contributed by atoms with Gasteiger partial charge in [0.1, 0.15) is 5.82 Å². The van der Waals surface area contributed by atoms with Crippen LogP contribution in [0.3, 0.4) is 0 Å². The van der Waals surface area contributed by atoms with Gasteiger partial charge in [-0.1, -0.05) is 6.08 Å². The molecule has 1 aromatic heterocycles. The summed E-state index contributed by atoms with van der Waals surface area (Å²) in [5, 5.41) is 2.61. The van der Waals surface area contributed by atoms with Gasteiger partial charge in [0.05, 0.1) is 0 Å². The number of anilines is 1. The third-order valence-corrected chi connectivity index (χ3v) is 1.77. The second-order valence-electron chi connectivity index (χ2n) is 2.35. The molecule has 0 spiro atoms. The van der Waals surface area contributed by atoms with E-state index in [4.69, 9.17) is 0 Å². The van der Waals surface area contributed by atoms with E-state index in [1.165, 1.54) is 6.08 Å². The predicted molar refractivity (Wildman–Crippen MR) is 55.4 cm³/mol. The second kappa shape index (κ2) is 4.77. The van der Waals surface area contributed by atoms with E-state index >= 15 is 0 Å². The first-order valence-electron chi connectivity index (χ1n) is 3.77. The van der Waals surface area contributed by atoms with Crippen molar-refractivity contribution >= 4 is 27.7 Å². The van der Waals surface area contributed by atoms with Crippen LogP contribution in [0.25, 0.3) is 0 Å². The van der Waals surface area contributed by atoms with E-state index in [1.807, 2.05) is 6.07 Å². The molecule has 68 valence electrons. The van der Waals surface area contributed by atoms with Crippen molar-refractivity contribution in [2.75, 3.05) is 5.32 Å². The molecule has 1 N–H and O–H groups in total. The quantitative estimate of drug-likeness (QED) is 0.807. The molecular formula is C9H9BrN2O. The van der Waals surface area contributed by atoms with Gasteiger partial charge in [-0.05, 0) is 41.1 Å². The topological polar surface area (TPSA) is 42.0 Å². The van der Waals surface area contributed by atoms with E-state index in [2.05, 4.69) is 26.2 Å². The van der Waals surface area contributed by atoms with E-state index in [9.17, 15) is 4.79 Å². The van der Waals surface area contributed by atoms with Crippen molar-refractivity contribution in [3.8, 4) is 0 Å². The van der Waals surface area contributed by atoms with E-state index in [-0.39, 0.29) is 5.91 Å². The molecular weight excluding hydrogens is 232 g/mol. The highest BCUT2D eigenvalue weighted by Gasteiger charge is 1.97. The number of nitrogens with zero attached hydrogens (tertiary/aromatic N) is 1. The summed E-state index contributed by atoms with van der Waals surface area (Å²) in [7, 11) is 0. The van der Waals surface area contributed by atoms with Gasteiger partial charge in [0.25, 0.3) is 0 Å². The third kappa shape index (κ3) is 3.38. The molecule has 1 rings (SSSR count). The first-order chi connectivity index (χ1) is 6.22. The van der Waals surface area contributed by atoms with E-state index in [0.717, 1.165) is 4.47 Å². The van der Waals surface area contributed by atoms with Crippen LogP contribution in [-0.4, -0.2) is 10.9 Å². The molecule has 0 aliphatic rings. The summed E-state index contributed by atoms with van der Waals surface area (Å²) >= 11 is 3.25. The molecule has 0 aliphatic heterocycles. The van der Waals surface area contributed by atoms with Crippen molar-refractivity contribution in [3.63, 3.8) is 0 Å². The highest BCUT2D eigenvalue weighted by molar-refractivity contribution is 9.10. The first-order valence-corrected chi connectivity index (χ1v) is 4.57. The Balaban J connectivity index is 2.64. The van der Waals surface area contributed by atoms with Gasteiger partial charge in [-0.25, -0.2) is 4.98 Å². The zero-order chi connectivity index (χ0) is 9.68. The number of aromatic nitrogens is 1. The van der Waals surface area contributed by atoms with Crippen molar-refractivity contribution in [1.82, 2.24) is 4.98 Å². The van der Waals surface area contributed by atoms with Crippen molar-refractivity contribution in [3.05, 3.63) is 35.0 Å². The number of halogens is 1. The smallest absolute Gasteiger partial charge is 0.249 e. The normalized spacial score (nSPS) is 10.3. The van der Waals surface area contributed by atoms with Crippen LogP contribution in [0.4, 0.5) is 5.82 Å². The van der Waals surface area contributed by atoms with Crippen LogP contribution in [-0.2, 0) is 4.79 Å². The zero-order valence-corrected chi connectivity index (χ0v) is 8.71. The Morgan fingerprint density at radius 3 is 2.92 bits per heavy atom. The van der Waals surface area contributed by atoms with Gasteiger partial charge >= 0.3 is 0 Å². The number of hydrogen-bond acceptors (Lipinski definition) is 2. The molecule has 3 nitrogen and oxygen atoms in total. The molecule has 0 atom stereocenters. The average molecular weight is 241 g/mol. The van der Waals surface area contributed by atoms with Crippen molar-refractivity contribution in [1.29, 1.82) is 0 Å². The van der Waals surface area contributed by atoms with Crippen LogP contribution in [0.15, 0.2) is 35.0 Å². The number of pyridine rings is 1. The lowest BCUT2D eigenvalue weighted by Crippen LogP contribution is -2.08. The molecule has 0 radical (unpaired) electrons. The van der Waals surface area contributed by atoms with Crippen molar-refractivity contribution in [2.45, 2.75) is 6.92 Å². The van der Waals surface area contributed by atoms with Gasteiger partial charge in [0, 0.05) is 10.7 Å². The van der Waals surface area contributed by atoms with Crippen LogP contribution < -0.4 is 5.32 Å².